The summed E-state index contributed by atoms with van der Waals surface area (Å²) in [6, 6.07) is 8.61. The van der Waals surface area contributed by atoms with Crippen LogP contribution in [0, 0.1) is 0 Å². The summed E-state index contributed by atoms with van der Waals surface area (Å²) in [7, 11) is 4.24. The van der Waals surface area contributed by atoms with E-state index in [4.69, 9.17) is 9.84 Å². The van der Waals surface area contributed by atoms with Crippen LogP contribution in [0.3, 0.4) is 0 Å². The Morgan fingerprint density at radius 2 is 1.32 bits per heavy atom. The summed E-state index contributed by atoms with van der Waals surface area (Å²) in [5.74, 6) is 1.00. The van der Waals surface area contributed by atoms with Crippen LogP contribution in [0.25, 0.3) is 0 Å². The van der Waals surface area contributed by atoms with Crippen molar-refractivity contribution in [2.75, 3.05) is 33.9 Å². The van der Waals surface area contributed by atoms with Crippen molar-refractivity contribution in [3.8, 4) is 5.75 Å². The van der Waals surface area contributed by atoms with E-state index in [0.717, 1.165) is 38.2 Å². The van der Waals surface area contributed by atoms with Crippen LogP contribution in [0.2, 0.25) is 0 Å². The summed E-state index contributed by atoms with van der Waals surface area (Å²) in [5, 5.41) is 8.72. The number of aliphatic hydroxyl groups excluding tert-OH is 1. The quantitative estimate of drug-likeness (QED) is 0.423. The van der Waals surface area contributed by atoms with Gasteiger partial charge in [-0.05, 0) is 64.0 Å². The SMILES string of the molecule is CN(C)CCCc1ccc(OCCCCCCCCCCCO)cc1. The molecular weight excluding hydrogens is 310 g/mol. The van der Waals surface area contributed by atoms with Gasteiger partial charge in [0.1, 0.15) is 5.75 Å². The molecule has 0 unspecified atom stereocenters. The summed E-state index contributed by atoms with van der Waals surface area (Å²) in [4.78, 5) is 2.23. The van der Waals surface area contributed by atoms with E-state index >= 15 is 0 Å². The topological polar surface area (TPSA) is 32.7 Å². The second-order valence-electron chi connectivity index (χ2n) is 7.30. The minimum absolute atomic E-state index is 0.346. The first-order valence-corrected chi connectivity index (χ1v) is 10.2. The third-order valence-electron chi connectivity index (χ3n) is 4.57. The van der Waals surface area contributed by atoms with Gasteiger partial charge >= 0.3 is 0 Å². The molecule has 0 amide bonds. The van der Waals surface area contributed by atoms with Crippen LogP contribution in [0.15, 0.2) is 24.3 Å². The Hall–Kier alpha value is -1.06. The van der Waals surface area contributed by atoms with Crippen LogP contribution in [-0.2, 0) is 6.42 Å². The normalized spacial score (nSPS) is 11.2. The first-order chi connectivity index (χ1) is 12.2. The second-order valence-corrected chi connectivity index (χ2v) is 7.30. The molecular formula is C22H39NO2. The first kappa shape index (κ1) is 22.0. The smallest absolute Gasteiger partial charge is 0.119 e. The number of aliphatic hydroxyl groups is 1. The van der Waals surface area contributed by atoms with Gasteiger partial charge in [-0.1, -0.05) is 57.1 Å². The highest BCUT2D eigenvalue weighted by Gasteiger charge is 1.98. The number of hydrogen-bond acceptors (Lipinski definition) is 3. The fourth-order valence-corrected chi connectivity index (χ4v) is 2.99. The average Bonchev–Trinajstić information content (AvgIpc) is 2.60. The number of rotatable bonds is 16. The van der Waals surface area contributed by atoms with Gasteiger partial charge in [0.25, 0.3) is 0 Å². The fraction of sp³-hybridized carbons (Fsp3) is 0.727. The van der Waals surface area contributed by atoms with Crippen LogP contribution in [-0.4, -0.2) is 43.9 Å². The van der Waals surface area contributed by atoms with Crippen molar-refractivity contribution in [1.29, 1.82) is 0 Å². The molecule has 3 heteroatoms. The van der Waals surface area contributed by atoms with Crippen molar-refractivity contribution in [3.05, 3.63) is 29.8 Å². The van der Waals surface area contributed by atoms with Crippen molar-refractivity contribution in [2.24, 2.45) is 0 Å². The Labute approximate surface area is 155 Å². The molecule has 1 aromatic rings. The van der Waals surface area contributed by atoms with Gasteiger partial charge in [0.15, 0.2) is 0 Å². The van der Waals surface area contributed by atoms with Crippen LogP contribution in [0.5, 0.6) is 5.75 Å². The highest BCUT2D eigenvalue weighted by molar-refractivity contribution is 5.27. The molecule has 0 saturated heterocycles. The molecule has 0 heterocycles. The van der Waals surface area contributed by atoms with Gasteiger partial charge in [-0.25, -0.2) is 0 Å². The Morgan fingerprint density at radius 3 is 1.88 bits per heavy atom. The fourth-order valence-electron chi connectivity index (χ4n) is 2.99. The molecule has 0 radical (unpaired) electrons. The highest BCUT2D eigenvalue weighted by Crippen LogP contribution is 2.15. The van der Waals surface area contributed by atoms with Crippen molar-refractivity contribution in [3.63, 3.8) is 0 Å². The predicted molar refractivity (Wildman–Crippen MR) is 107 cm³/mol. The number of benzene rings is 1. The van der Waals surface area contributed by atoms with E-state index in [1.165, 1.54) is 56.9 Å². The zero-order chi connectivity index (χ0) is 18.2. The van der Waals surface area contributed by atoms with Gasteiger partial charge in [-0.2, -0.15) is 0 Å². The third kappa shape index (κ3) is 12.9. The molecule has 144 valence electrons. The summed E-state index contributed by atoms with van der Waals surface area (Å²) in [5.41, 5.74) is 1.40. The van der Waals surface area contributed by atoms with Crippen molar-refractivity contribution in [2.45, 2.75) is 70.6 Å². The molecule has 0 fully saturated rings. The first-order valence-electron chi connectivity index (χ1n) is 10.2. The van der Waals surface area contributed by atoms with Crippen molar-refractivity contribution in [1.82, 2.24) is 4.90 Å². The molecule has 25 heavy (non-hydrogen) atoms. The van der Waals surface area contributed by atoms with Gasteiger partial charge < -0.3 is 14.7 Å². The molecule has 0 aromatic heterocycles. The molecule has 0 bridgehead atoms. The zero-order valence-electron chi connectivity index (χ0n) is 16.5. The lowest BCUT2D eigenvalue weighted by Crippen LogP contribution is -2.13. The molecule has 0 aliphatic heterocycles. The molecule has 0 saturated carbocycles. The molecule has 0 atom stereocenters. The molecule has 1 aromatic carbocycles. The van der Waals surface area contributed by atoms with Gasteiger partial charge in [0, 0.05) is 6.61 Å². The summed E-state index contributed by atoms with van der Waals surface area (Å²) >= 11 is 0. The van der Waals surface area contributed by atoms with Crippen LogP contribution in [0.1, 0.15) is 69.8 Å². The van der Waals surface area contributed by atoms with Gasteiger partial charge in [0.05, 0.1) is 6.61 Å². The summed E-state index contributed by atoms with van der Waals surface area (Å²) in [6.07, 6.45) is 13.5. The minimum Gasteiger partial charge on any atom is -0.494 e. The number of ether oxygens (including phenoxy) is 1. The predicted octanol–water partition coefficient (Wildman–Crippen LogP) is 5.06. The van der Waals surface area contributed by atoms with E-state index in [1.807, 2.05) is 0 Å². The number of unbranched alkanes of at least 4 members (excludes halogenated alkanes) is 8. The van der Waals surface area contributed by atoms with Crippen LogP contribution >= 0.6 is 0 Å². The number of nitrogens with zero attached hydrogens (tertiary/aromatic N) is 1. The van der Waals surface area contributed by atoms with Gasteiger partial charge in [-0.15, -0.1) is 0 Å². The highest BCUT2D eigenvalue weighted by atomic mass is 16.5. The van der Waals surface area contributed by atoms with E-state index < -0.39 is 0 Å². The maximum Gasteiger partial charge on any atom is 0.119 e. The van der Waals surface area contributed by atoms with E-state index in [1.54, 1.807) is 0 Å². The van der Waals surface area contributed by atoms with E-state index in [0.29, 0.717) is 6.61 Å². The molecule has 1 N–H and O–H groups in total. The number of hydrogen-bond donors (Lipinski definition) is 1. The average molecular weight is 350 g/mol. The van der Waals surface area contributed by atoms with Crippen molar-refractivity contribution >= 4 is 0 Å². The lowest BCUT2D eigenvalue weighted by atomic mass is 10.1. The Morgan fingerprint density at radius 1 is 0.760 bits per heavy atom. The molecule has 3 nitrogen and oxygen atoms in total. The third-order valence-corrected chi connectivity index (χ3v) is 4.57. The molecule has 0 spiro atoms. The van der Waals surface area contributed by atoms with E-state index in [-0.39, 0.29) is 0 Å². The summed E-state index contributed by atoms with van der Waals surface area (Å²) < 4.78 is 5.84. The van der Waals surface area contributed by atoms with Gasteiger partial charge in [0.2, 0.25) is 0 Å². The molecule has 0 aliphatic rings. The number of aryl methyl sites for hydroxylation is 1. The summed E-state index contributed by atoms with van der Waals surface area (Å²) in [6.45, 7) is 2.32. The Bertz CT molecular complexity index is 403. The maximum absolute atomic E-state index is 8.72. The minimum atomic E-state index is 0.346. The lowest BCUT2D eigenvalue weighted by Gasteiger charge is -2.10. The monoisotopic (exact) mass is 349 g/mol. The largest absolute Gasteiger partial charge is 0.494 e. The zero-order valence-corrected chi connectivity index (χ0v) is 16.5. The standard InChI is InChI=1S/C22H39NO2/c1-23(2)18-12-13-21-14-16-22(17-15-21)25-20-11-9-7-5-3-4-6-8-10-19-24/h14-17,24H,3-13,18-20H2,1-2H3. The Kier molecular flexibility index (Phi) is 13.4. The van der Waals surface area contributed by atoms with E-state index in [9.17, 15) is 0 Å². The van der Waals surface area contributed by atoms with E-state index in [2.05, 4.69) is 43.3 Å². The molecule has 0 aliphatic carbocycles. The second kappa shape index (κ2) is 15.2. The maximum atomic E-state index is 8.72. The lowest BCUT2D eigenvalue weighted by molar-refractivity contribution is 0.282. The van der Waals surface area contributed by atoms with Gasteiger partial charge in [-0.3, -0.25) is 0 Å². The van der Waals surface area contributed by atoms with Crippen molar-refractivity contribution < 1.29 is 9.84 Å². The Balaban J connectivity index is 1.96. The van der Waals surface area contributed by atoms with Crippen LogP contribution < -0.4 is 4.74 Å². The van der Waals surface area contributed by atoms with Crippen LogP contribution in [0.4, 0.5) is 0 Å². The molecule has 1 rings (SSSR count).